The smallest absolute Gasteiger partial charge is 0.410 e. The van der Waals surface area contributed by atoms with E-state index in [-0.39, 0.29) is 24.7 Å². The van der Waals surface area contributed by atoms with Crippen LogP contribution in [0.4, 0.5) is 4.79 Å². The minimum absolute atomic E-state index is 0.0840. The van der Waals surface area contributed by atoms with E-state index in [0.29, 0.717) is 25.2 Å². The second-order valence-corrected chi connectivity index (χ2v) is 8.04. The molecule has 1 atom stereocenters. The van der Waals surface area contributed by atoms with Crippen molar-refractivity contribution in [3.05, 3.63) is 17.0 Å². The van der Waals surface area contributed by atoms with E-state index in [1.807, 2.05) is 25.5 Å². The van der Waals surface area contributed by atoms with Gasteiger partial charge in [0, 0.05) is 30.8 Å². The number of carbonyl (C=O) groups excluding carboxylic acids is 2. The van der Waals surface area contributed by atoms with Crippen molar-refractivity contribution in [3.63, 3.8) is 0 Å². The maximum atomic E-state index is 12.5. The second kappa shape index (κ2) is 7.88. The second-order valence-electron chi connectivity index (χ2n) is 8.04. The van der Waals surface area contributed by atoms with Crippen LogP contribution < -0.4 is 0 Å². The number of nitrogens with zero attached hydrogens (tertiary/aromatic N) is 3. The number of esters is 1. The molecular formula is C19H29N3O5. The highest BCUT2D eigenvalue weighted by atomic mass is 16.6. The van der Waals surface area contributed by atoms with Crippen molar-refractivity contribution in [2.75, 3.05) is 20.3 Å². The Bertz CT molecular complexity index is 701. The van der Waals surface area contributed by atoms with E-state index >= 15 is 0 Å². The first-order chi connectivity index (χ1) is 12.8. The Kier molecular flexibility index (Phi) is 5.74. The first-order valence-corrected chi connectivity index (χ1v) is 9.54. The van der Waals surface area contributed by atoms with Gasteiger partial charge < -0.3 is 19.1 Å². The summed E-state index contributed by atoms with van der Waals surface area (Å²) in [6, 6.07) is 0. The molecule has 0 N–H and O–H groups in total. The molecule has 0 saturated carbocycles. The van der Waals surface area contributed by atoms with Crippen molar-refractivity contribution in [3.8, 4) is 0 Å². The third-order valence-electron chi connectivity index (χ3n) is 4.79. The van der Waals surface area contributed by atoms with Crippen LogP contribution in [0.1, 0.15) is 63.2 Å². The zero-order chi connectivity index (χ0) is 19.6. The highest BCUT2D eigenvalue weighted by Crippen LogP contribution is 2.30. The molecule has 1 amide bonds. The van der Waals surface area contributed by atoms with Gasteiger partial charge in [0.2, 0.25) is 0 Å². The summed E-state index contributed by atoms with van der Waals surface area (Å²) in [6.45, 7) is 7.20. The highest BCUT2D eigenvalue weighted by molar-refractivity contribution is 5.73. The average Bonchev–Trinajstić information content (AvgIpc) is 2.98. The zero-order valence-corrected chi connectivity index (χ0v) is 16.6. The largest absolute Gasteiger partial charge is 0.469 e. The van der Waals surface area contributed by atoms with Crippen LogP contribution in [0.2, 0.25) is 0 Å². The van der Waals surface area contributed by atoms with Gasteiger partial charge >= 0.3 is 12.1 Å². The van der Waals surface area contributed by atoms with E-state index in [4.69, 9.17) is 14.2 Å². The molecule has 1 unspecified atom stereocenters. The van der Waals surface area contributed by atoms with E-state index in [0.717, 1.165) is 37.1 Å². The molecule has 1 aromatic rings. The lowest BCUT2D eigenvalue weighted by Gasteiger charge is -2.31. The van der Waals surface area contributed by atoms with Crippen molar-refractivity contribution < 1.29 is 23.8 Å². The number of methoxy groups -OCH3 is 1. The lowest BCUT2D eigenvalue weighted by Crippen LogP contribution is -2.40. The molecule has 0 radical (unpaired) electrons. The fourth-order valence-corrected chi connectivity index (χ4v) is 3.50. The van der Waals surface area contributed by atoms with Gasteiger partial charge in [0.15, 0.2) is 0 Å². The minimum atomic E-state index is -0.549. The molecule has 0 bridgehead atoms. The van der Waals surface area contributed by atoms with E-state index < -0.39 is 5.60 Å². The van der Waals surface area contributed by atoms with Gasteiger partial charge in [0.1, 0.15) is 11.8 Å². The Hall–Kier alpha value is -2.09. The fourth-order valence-electron chi connectivity index (χ4n) is 3.50. The topological polar surface area (TPSA) is 82.9 Å². The molecule has 3 rings (SSSR count). The zero-order valence-electron chi connectivity index (χ0n) is 16.6. The lowest BCUT2D eigenvalue weighted by molar-refractivity contribution is -0.139. The Morgan fingerprint density at radius 2 is 2.07 bits per heavy atom. The number of ether oxygens (including phenoxy) is 3. The van der Waals surface area contributed by atoms with Crippen molar-refractivity contribution in [2.24, 2.45) is 0 Å². The minimum Gasteiger partial charge on any atom is -0.469 e. The van der Waals surface area contributed by atoms with Crippen molar-refractivity contribution in [1.29, 1.82) is 0 Å². The van der Waals surface area contributed by atoms with Gasteiger partial charge in [-0.1, -0.05) is 0 Å². The molecule has 0 spiro atoms. The Balaban J connectivity index is 1.86. The van der Waals surface area contributed by atoms with Crippen molar-refractivity contribution >= 4 is 12.1 Å². The molecule has 3 heterocycles. The summed E-state index contributed by atoms with van der Waals surface area (Å²) in [5.41, 5.74) is 2.05. The number of amides is 1. The fraction of sp³-hybridized carbons (Fsp3) is 0.737. The molecule has 2 aliphatic rings. The van der Waals surface area contributed by atoms with Crippen LogP contribution in [0, 0.1) is 0 Å². The Morgan fingerprint density at radius 3 is 2.70 bits per heavy atom. The van der Waals surface area contributed by atoms with Gasteiger partial charge in [-0.25, -0.2) is 9.48 Å². The monoisotopic (exact) mass is 379 g/mol. The van der Waals surface area contributed by atoms with Gasteiger partial charge in [0.05, 0.1) is 25.8 Å². The van der Waals surface area contributed by atoms with Crippen molar-refractivity contribution in [2.45, 2.75) is 71.2 Å². The van der Waals surface area contributed by atoms with Crippen molar-refractivity contribution in [1.82, 2.24) is 14.7 Å². The maximum Gasteiger partial charge on any atom is 0.410 e. The van der Waals surface area contributed by atoms with E-state index in [1.165, 1.54) is 7.11 Å². The summed E-state index contributed by atoms with van der Waals surface area (Å²) < 4.78 is 18.1. The van der Waals surface area contributed by atoms with Crippen LogP contribution in [0.3, 0.4) is 0 Å². The van der Waals surface area contributed by atoms with Crippen LogP contribution in [0.5, 0.6) is 0 Å². The molecule has 0 aromatic carbocycles. The highest BCUT2D eigenvalue weighted by Gasteiger charge is 2.33. The molecule has 150 valence electrons. The quantitative estimate of drug-likeness (QED) is 0.751. The third kappa shape index (κ3) is 4.61. The summed E-state index contributed by atoms with van der Waals surface area (Å²) in [6.07, 6.45) is 3.34. The predicted molar refractivity (Wildman–Crippen MR) is 97.1 cm³/mol. The number of carbonyl (C=O) groups is 2. The third-order valence-corrected chi connectivity index (χ3v) is 4.79. The lowest BCUT2D eigenvalue weighted by atomic mass is 10.0. The molecule has 1 fully saturated rings. The van der Waals surface area contributed by atoms with Gasteiger partial charge in [0.25, 0.3) is 0 Å². The van der Waals surface area contributed by atoms with Gasteiger partial charge in [-0.2, -0.15) is 5.10 Å². The maximum absolute atomic E-state index is 12.5. The van der Waals surface area contributed by atoms with Crippen LogP contribution in [-0.2, 0) is 38.4 Å². The van der Waals surface area contributed by atoms with Gasteiger partial charge in [-0.15, -0.1) is 0 Å². The average molecular weight is 379 g/mol. The first kappa shape index (κ1) is 19.7. The van der Waals surface area contributed by atoms with E-state index in [9.17, 15) is 9.59 Å². The molecule has 1 saturated heterocycles. The van der Waals surface area contributed by atoms with E-state index in [2.05, 4.69) is 5.10 Å². The SMILES string of the molecule is COC(=O)Cc1nn(C2CCCCO2)c2c1CN(C(=O)OC(C)(C)C)CC2. The Morgan fingerprint density at radius 1 is 1.30 bits per heavy atom. The number of hydrogen-bond acceptors (Lipinski definition) is 6. The summed E-state index contributed by atoms with van der Waals surface area (Å²) >= 11 is 0. The van der Waals surface area contributed by atoms with Crippen LogP contribution in [-0.4, -0.2) is 52.6 Å². The summed E-state index contributed by atoms with van der Waals surface area (Å²) in [7, 11) is 1.36. The number of aromatic nitrogens is 2. The molecule has 2 aliphatic heterocycles. The van der Waals surface area contributed by atoms with E-state index in [1.54, 1.807) is 4.90 Å². The van der Waals surface area contributed by atoms with Crippen LogP contribution in [0.25, 0.3) is 0 Å². The molecule has 8 heteroatoms. The van der Waals surface area contributed by atoms with Crippen LogP contribution >= 0.6 is 0 Å². The molecular weight excluding hydrogens is 350 g/mol. The molecule has 27 heavy (non-hydrogen) atoms. The standard InChI is InChI=1S/C19H29N3O5/c1-19(2,3)27-18(24)21-9-8-15-13(12-21)14(11-17(23)25-4)20-22(15)16-7-5-6-10-26-16/h16H,5-12H2,1-4H3. The summed E-state index contributed by atoms with van der Waals surface area (Å²) in [5.74, 6) is -0.346. The summed E-state index contributed by atoms with van der Waals surface area (Å²) in [4.78, 5) is 26.0. The normalized spacial score (nSPS) is 20.1. The van der Waals surface area contributed by atoms with Gasteiger partial charge in [-0.3, -0.25) is 4.79 Å². The predicted octanol–water partition coefficient (Wildman–Crippen LogP) is 2.59. The Labute approximate surface area is 159 Å². The summed E-state index contributed by atoms with van der Waals surface area (Å²) in [5, 5.41) is 4.68. The van der Waals surface area contributed by atoms with Crippen LogP contribution in [0.15, 0.2) is 0 Å². The first-order valence-electron chi connectivity index (χ1n) is 9.54. The number of rotatable bonds is 3. The number of fused-ring (bicyclic) bond motifs is 1. The molecule has 1 aromatic heterocycles. The molecule has 0 aliphatic carbocycles. The molecule has 8 nitrogen and oxygen atoms in total. The van der Waals surface area contributed by atoms with Gasteiger partial charge in [-0.05, 0) is 40.0 Å². The number of hydrogen-bond donors (Lipinski definition) is 0.